The predicted molar refractivity (Wildman–Crippen MR) is 153 cm³/mol. The lowest BCUT2D eigenvalue weighted by Crippen LogP contribution is -2.34. The van der Waals surface area contributed by atoms with E-state index in [1.54, 1.807) is 0 Å². The predicted octanol–water partition coefficient (Wildman–Crippen LogP) is 7.13. The van der Waals surface area contributed by atoms with E-state index < -0.39 is 12.7 Å². The maximum atomic E-state index is 6.23. The molecule has 8 rings (SSSR count). The molecule has 0 saturated carbocycles. The molecule has 176 valence electrons. The van der Waals surface area contributed by atoms with E-state index in [-0.39, 0.29) is 0 Å². The fourth-order valence-corrected chi connectivity index (χ4v) is 5.83. The number of pyridine rings is 1. The molecule has 2 aromatic heterocycles. The summed E-state index contributed by atoms with van der Waals surface area (Å²) in [5.74, 6) is 0.646. The van der Waals surface area contributed by atoms with E-state index in [1.807, 2.05) is 13.8 Å². The summed E-state index contributed by atoms with van der Waals surface area (Å²) in [6.07, 6.45) is 0. The number of imidazole rings is 1. The summed E-state index contributed by atoms with van der Waals surface area (Å²) in [5.41, 5.74) is 4.56. The van der Waals surface area contributed by atoms with E-state index in [4.69, 9.17) is 14.3 Å². The smallest absolute Gasteiger partial charge is 0.534 e. The van der Waals surface area contributed by atoms with Crippen LogP contribution in [0.1, 0.15) is 13.8 Å². The Kier molecular flexibility index (Phi) is 4.00. The second-order valence-corrected chi connectivity index (χ2v) is 10.4. The lowest BCUT2D eigenvalue weighted by atomic mass is 9.78. The Hall–Kier alpha value is -4.35. The van der Waals surface area contributed by atoms with Crippen molar-refractivity contribution < 1.29 is 9.31 Å². The molecule has 0 radical (unpaired) electrons. The fourth-order valence-electron chi connectivity index (χ4n) is 5.83. The SMILES string of the molecule is C=C1OB(c2ccc3c4ccc5ccccc5c4c4nc5c6ccccc6ccc5n4c3c2)OC1(C)C. The summed E-state index contributed by atoms with van der Waals surface area (Å²) in [6, 6.07) is 32.3. The number of aromatic nitrogens is 2. The van der Waals surface area contributed by atoms with Crippen LogP contribution in [-0.2, 0) is 9.31 Å². The number of rotatable bonds is 1. The number of hydrogen-bond donors (Lipinski definition) is 0. The summed E-state index contributed by atoms with van der Waals surface area (Å²) < 4.78 is 14.6. The van der Waals surface area contributed by atoms with Crippen LogP contribution in [0.15, 0.2) is 103 Å². The highest BCUT2D eigenvalue weighted by molar-refractivity contribution is 6.62. The Balaban J connectivity index is 1.57. The van der Waals surface area contributed by atoms with Gasteiger partial charge >= 0.3 is 7.12 Å². The Bertz CT molecular complexity index is 2110. The summed E-state index contributed by atoms with van der Waals surface area (Å²) in [7, 11) is -0.495. The van der Waals surface area contributed by atoms with Crippen molar-refractivity contribution in [2.45, 2.75) is 19.4 Å². The maximum absolute atomic E-state index is 6.23. The van der Waals surface area contributed by atoms with E-state index >= 15 is 0 Å². The lowest BCUT2D eigenvalue weighted by molar-refractivity contribution is 0.173. The van der Waals surface area contributed by atoms with Crippen LogP contribution in [0.2, 0.25) is 0 Å². The molecular formula is C32H23BN2O2. The molecule has 5 heteroatoms. The lowest BCUT2D eigenvalue weighted by Gasteiger charge is -2.16. The van der Waals surface area contributed by atoms with Gasteiger partial charge in [-0.25, -0.2) is 4.98 Å². The Morgan fingerprint density at radius 1 is 0.757 bits per heavy atom. The molecule has 37 heavy (non-hydrogen) atoms. The van der Waals surface area contributed by atoms with Crippen molar-refractivity contribution in [3.63, 3.8) is 0 Å². The molecule has 0 unspecified atom stereocenters. The van der Waals surface area contributed by atoms with E-state index in [2.05, 4.69) is 102 Å². The summed E-state index contributed by atoms with van der Waals surface area (Å²) >= 11 is 0. The van der Waals surface area contributed by atoms with E-state index in [0.717, 1.165) is 33.0 Å². The maximum Gasteiger partial charge on any atom is 0.563 e. The molecular weight excluding hydrogens is 455 g/mol. The molecule has 0 bridgehead atoms. The van der Waals surface area contributed by atoms with Gasteiger partial charge in [-0.1, -0.05) is 85.4 Å². The largest absolute Gasteiger partial charge is 0.563 e. The van der Waals surface area contributed by atoms with Gasteiger partial charge in [0.2, 0.25) is 0 Å². The highest BCUT2D eigenvalue weighted by atomic mass is 16.7. The van der Waals surface area contributed by atoms with E-state index in [0.29, 0.717) is 5.76 Å². The number of hydrogen-bond acceptors (Lipinski definition) is 3. The normalized spacial score (nSPS) is 15.6. The van der Waals surface area contributed by atoms with Crippen molar-refractivity contribution in [2.24, 2.45) is 0 Å². The molecule has 0 spiro atoms. The van der Waals surface area contributed by atoms with Crippen LogP contribution < -0.4 is 5.46 Å². The molecule has 1 saturated heterocycles. The van der Waals surface area contributed by atoms with Crippen molar-refractivity contribution in [3.05, 3.63) is 103 Å². The van der Waals surface area contributed by atoms with Gasteiger partial charge < -0.3 is 9.31 Å². The Morgan fingerprint density at radius 3 is 2.24 bits per heavy atom. The van der Waals surface area contributed by atoms with Gasteiger partial charge in [-0.05, 0) is 53.0 Å². The third-order valence-electron chi connectivity index (χ3n) is 7.85. The van der Waals surface area contributed by atoms with Crippen LogP contribution in [-0.4, -0.2) is 22.1 Å². The fraction of sp³-hybridized carbons (Fsp3) is 0.0938. The zero-order chi connectivity index (χ0) is 24.9. The van der Waals surface area contributed by atoms with Crippen molar-refractivity contribution in [2.75, 3.05) is 0 Å². The van der Waals surface area contributed by atoms with Gasteiger partial charge in [-0.15, -0.1) is 0 Å². The van der Waals surface area contributed by atoms with Gasteiger partial charge in [0, 0.05) is 16.2 Å². The first kappa shape index (κ1) is 20.8. The molecule has 1 fully saturated rings. The van der Waals surface area contributed by atoms with Crippen LogP contribution in [0, 0.1) is 0 Å². The van der Waals surface area contributed by atoms with Crippen molar-refractivity contribution in [3.8, 4) is 0 Å². The number of nitrogens with zero attached hydrogens (tertiary/aromatic N) is 2. The molecule has 1 aliphatic heterocycles. The van der Waals surface area contributed by atoms with Gasteiger partial charge in [0.25, 0.3) is 0 Å². The van der Waals surface area contributed by atoms with Crippen LogP contribution in [0.4, 0.5) is 0 Å². The molecule has 0 atom stereocenters. The zero-order valence-corrected chi connectivity index (χ0v) is 20.7. The zero-order valence-electron chi connectivity index (χ0n) is 20.7. The minimum Gasteiger partial charge on any atom is -0.534 e. The molecule has 7 aromatic rings. The average Bonchev–Trinajstić information content (AvgIpc) is 3.45. The van der Waals surface area contributed by atoms with Crippen molar-refractivity contribution >= 4 is 72.5 Å². The Morgan fingerprint density at radius 2 is 1.46 bits per heavy atom. The minimum absolute atomic E-state index is 0.495. The van der Waals surface area contributed by atoms with Gasteiger partial charge in [0.05, 0.1) is 22.3 Å². The topological polar surface area (TPSA) is 35.8 Å². The van der Waals surface area contributed by atoms with E-state index in [1.165, 1.54) is 32.3 Å². The van der Waals surface area contributed by atoms with Gasteiger partial charge in [0.15, 0.2) is 0 Å². The first-order chi connectivity index (χ1) is 18.0. The molecule has 0 N–H and O–H groups in total. The third-order valence-corrected chi connectivity index (χ3v) is 7.85. The standard InChI is InChI=1S/C32H23BN2O2/c1-19-32(2,3)37-33(36-19)22-14-16-25-26-15-12-20-8-4-6-10-23(20)29(26)31-34-30-24-11-7-5-9-21(24)13-17-27(30)35(31)28(25)18-22/h4-18H,1H2,2-3H3. The highest BCUT2D eigenvalue weighted by Gasteiger charge is 2.42. The number of fused-ring (bicyclic) bond motifs is 12. The average molecular weight is 478 g/mol. The second kappa shape index (κ2) is 7.12. The summed E-state index contributed by atoms with van der Waals surface area (Å²) in [4.78, 5) is 5.32. The van der Waals surface area contributed by atoms with Gasteiger partial charge in [-0.2, -0.15) is 0 Å². The van der Waals surface area contributed by atoms with Crippen LogP contribution in [0.5, 0.6) is 0 Å². The molecule has 1 aliphatic rings. The second-order valence-electron chi connectivity index (χ2n) is 10.4. The van der Waals surface area contributed by atoms with Gasteiger partial charge in [0.1, 0.15) is 11.2 Å². The van der Waals surface area contributed by atoms with Crippen LogP contribution in [0.3, 0.4) is 0 Å². The first-order valence-corrected chi connectivity index (χ1v) is 12.6. The Labute approximate surface area is 213 Å². The molecule has 3 heterocycles. The minimum atomic E-state index is -0.530. The highest BCUT2D eigenvalue weighted by Crippen LogP contribution is 2.38. The van der Waals surface area contributed by atoms with Crippen LogP contribution in [0.25, 0.3) is 59.9 Å². The monoisotopic (exact) mass is 478 g/mol. The van der Waals surface area contributed by atoms with E-state index in [9.17, 15) is 0 Å². The van der Waals surface area contributed by atoms with Crippen molar-refractivity contribution in [1.29, 1.82) is 0 Å². The van der Waals surface area contributed by atoms with Crippen LogP contribution >= 0.6 is 0 Å². The van der Waals surface area contributed by atoms with Crippen molar-refractivity contribution in [1.82, 2.24) is 9.38 Å². The summed E-state index contributed by atoms with van der Waals surface area (Å²) in [6.45, 7) is 8.04. The molecule has 0 amide bonds. The quantitative estimate of drug-likeness (QED) is 0.186. The molecule has 0 aliphatic carbocycles. The molecule has 4 nitrogen and oxygen atoms in total. The third kappa shape index (κ3) is 2.80. The summed E-state index contributed by atoms with van der Waals surface area (Å²) in [5, 5.41) is 8.27. The number of benzene rings is 5. The van der Waals surface area contributed by atoms with Gasteiger partial charge in [-0.3, -0.25) is 4.40 Å². The first-order valence-electron chi connectivity index (χ1n) is 12.6. The molecule has 5 aromatic carbocycles.